The van der Waals surface area contributed by atoms with Gasteiger partial charge in [0, 0.05) is 16.7 Å². The lowest BCUT2D eigenvalue weighted by molar-refractivity contribution is 0.353. The van der Waals surface area contributed by atoms with E-state index in [-0.39, 0.29) is 27.1 Å². The maximum Gasteiger partial charge on any atom is 0.123 e. The average molecular weight is 675 g/mol. The van der Waals surface area contributed by atoms with Crippen molar-refractivity contribution in [2.24, 2.45) is 10.8 Å². The predicted octanol–water partition coefficient (Wildman–Crippen LogP) is 10.7. The van der Waals surface area contributed by atoms with Gasteiger partial charge >= 0.3 is 0 Å². The van der Waals surface area contributed by atoms with Crippen molar-refractivity contribution >= 4 is 24.5 Å². The summed E-state index contributed by atoms with van der Waals surface area (Å²) in [6, 6.07) is 7.27. The van der Waals surface area contributed by atoms with Crippen LogP contribution >= 0.6 is 0 Å². The zero-order chi connectivity index (χ0) is 36.1. The fraction of sp³-hybridized carbons (Fsp3) is 0.574. The van der Waals surface area contributed by atoms with E-state index in [9.17, 15) is 0 Å². The zero-order valence-electron chi connectivity index (χ0n) is 33.7. The van der Waals surface area contributed by atoms with Crippen LogP contribution in [0.4, 0.5) is 0 Å². The van der Waals surface area contributed by atoms with Gasteiger partial charge in [0.1, 0.15) is 20.4 Å². The maximum atomic E-state index is 6.90. The molecule has 1 unspecified atom stereocenters. The Kier molecular flexibility index (Phi) is 8.67. The topological polar surface area (TPSA) is 9.23 Å². The molecule has 2 aromatic rings. The molecule has 2 aromatic carbocycles. The minimum absolute atomic E-state index is 0.00768. The molecule has 6 rings (SSSR count). The Balaban J connectivity index is 1.92. The van der Waals surface area contributed by atoms with Gasteiger partial charge < -0.3 is 4.74 Å². The number of hydrogen-bond acceptors (Lipinski definition) is 1. The lowest BCUT2D eigenvalue weighted by Gasteiger charge is -2.43. The second-order valence-corrected chi connectivity index (χ2v) is 24.3. The van der Waals surface area contributed by atoms with Gasteiger partial charge in [0.2, 0.25) is 0 Å². The molecule has 0 radical (unpaired) electrons. The molecule has 0 aliphatic heterocycles. The van der Waals surface area contributed by atoms with Crippen LogP contribution in [0.3, 0.4) is 0 Å². The van der Waals surface area contributed by atoms with Gasteiger partial charge in [-0.1, -0.05) is 157 Å². The highest BCUT2D eigenvalue weighted by molar-refractivity contribution is 7.06. The summed E-state index contributed by atoms with van der Waals surface area (Å²) in [4.78, 5) is 0. The van der Waals surface area contributed by atoms with Crippen molar-refractivity contribution in [2.75, 3.05) is 6.61 Å². The summed E-state index contributed by atoms with van der Waals surface area (Å²) in [5.41, 5.74) is 11.3. The van der Waals surface area contributed by atoms with E-state index in [1.807, 2.05) is 6.08 Å². The summed E-state index contributed by atoms with van der Waals surface area (Å²) in [5.74, 6) is 1.59. The quantitative estimate of drug-likeness (QED) is 0.210. The smallest absolute Gasteiger partial charge is 0.123 e. The van der Waals surface area contributed by atoms with E-state index in [2.05, 4.69) is 140 Å². The van der Waals surface area contributed by atoms with Gasteiger partial charge in [0.15, 0.2) is 0 Å². The number of fused-ring (bicyclic) bond motifs is 8. The number of aryl methyl sites for hydroxylation is 1. The third-order valence-corrected chi connectivity index (χ3v) is 18.2. The van der Waals surface area contributed by atoms with Crippen LogP contribution in [0.25, 0.3) is 11.3 Å². The standard InChI is InChI=1S/C47H66OSi/c1-16-25-48-41-35(43(5,6)7)26-30(4)27-36(41)49(17-2,18-3)42-34-29-45(10,11)21-19-31(34)37-38(42)33-28-44(8,9)22-20-32(33)39-40(37)47(14,15)24-23-46(39,12)13/h16,23-24,26-29,31H,1,17-22,25H2,2-15H3. The molecule has 0 saturated heterocycles. The van der Waals surface area contributed by atoms with Crippen molar-refractivity contribution in [3.63, 3.8) is 0 Å². The summed E-state index contributed by atoms with van der Waals surface area (Å²) < 4.78 is 6.90. The molecule has 2 heteroatoms. The molecule has 1 nitrogen and oxygen atoms in total. The molecular weight excluding hydrogens is 609 g/mol. The minimum Gasteiger partial charge on any atom is -0.489 e. The first-order valence-electron chi connectivity index (χ1n) is 19.4. The van der Waals surface area contributed by atoms with Crippen LogP contribution in [0.5, 0.6) is 5.75 Å². The van der Waals surface area contributed by atoms with E-state index in [4.69, 9.17) is 4.74 Å². The molecule has 264 valence electrons. The summed E-state index contributed by atoms with van der Waals surface area (Å²) in [6.07, 6.45) is 17.3. The lowest BCUT2D eigenvalue weighted by Crippen LogP contribution is -2.54. The summed E-state index contributed by atoms with van der Waals surface area (Å²) in [5, 5.41) is 6.49. The molecule has 0 saturated carbocycles. The molecule has 0 fully saturated rings. The molecule has 1 atom stereocenters. The average Bonchev–Trinajstić information content (AvgIpc) is 3.32. The van der Waals surface area contributed by atoms with Crippen LogP contribution in [-0.4, -0.2) is 14.7 Å². The molecule has 49 heavy (non-hydrogen) atoms. The highest BCUT2D eigenvalue weighted by atomic mass is 28.3. The number of allylic oxidation sites excluding steroid dienone is 4. The first kappa shape index (κ1) is 36.2. The van der Waals surface area contributed by atoms with Crippen molar-refractivity contribution in [3.8, 4) is 5.75 Å². The van der Waals surface area contributed by atoms with Gasteiger partial charge in [-0.15, -0.1) is 0 Å². The SMILES string of the molecule is C=CCOc1c(C(C)(C)C)cc(C)cc1[Si](CC)(CC)C1=c2c(c3c(c4c2=CC(C)(C)CC4)C(C)(C)C=CC3(C)C)C2CCC(C)(C)C=C12. The van der Waals surface area contributed by atoms with Crippen molar-refractivity contribution in [3.05, 3.63) is 92.4 Å². The van der Waals surface area contributed by atoms with Gasteiger partial charge in [-0.3, -0.25) is 0 Å². The summed E-state index contributed by atoms with van der Waals surface area (Å²) in [7, 11) is -2.43. The minimum atomic E-state index is -2.43. The van der Waals surface area contributed by atoms with Crippen LogP contribution in [0.15, 0.2) is 48.6 Å². The van der Waals surface area contributed by atoms with Crippen molar-refractivity contribution in [1.82, 2.24) is 0 Å². The molecule has 4 aliphatic rings. The van der Waals surface area contributed by atoms with E-state index < -0.39 is 8.07 Å². The van der Waals surface area contributed by atoms with Gasteiger partial charge in [-0.2, -0.15) is 0 Å². The first-order valence-corrected chi connectivity index (χ1v) is 21.9. The molecule has 0 bridgehead atoms. The van der Waals surface area contributed by atoms with E-state index in [1.54, 1.807) is 43.5 Å². The largest absolute Gasteiger partial charge is 0.489 e. The molecule has 4 aliphatic carbocycles. The molecule has 0 amide bonds. The third kappa shape index (κ3) is 5.71. The van der Waals surface area contributed by atoms with Crippen LogP contribution in [-0.2, 0) is 22.7 Å². The number of ether oxygens (including phenoxy) is 1. The van der Waals surface area contributed by atoms with Gasteiger partial charge in [-0.05, 0) is 103 Å². The van der Waals surface area contributed by atoms with E-state index in [0.717, 1.165) is 24.3 Å². The molecule has 0 aromatic heterocycles. The maximum absolute atomic E-state index is 6.90. The first-order chi connectivity index (χ1) is 22.6. The van der Waals surface area contributed by atoms with E-state index >= 15 is 0 Å². The van der Waals surface area contributed by atoms with Crippen molar-refractivity contribution in [2.45, 2.75) is 157 Å². The van der Waals surface area contributed by atoms with Gasteiger partial charge in [-0.25, -0.2) is 0 Å². The van der Waals surface area contributed by atoms with Crippen LogP contribution in [0, 0.1) is 17.8 Å². The second kappa shape index (κ2) is 11.7. The number of hydrogen-bond donors (Lipinski definition) is 0. The molecule has 0 spiro atoms. The fourth-order valence-corrected chi connectivity index (χ4v) is 15.3. The lowest BCUT2D eigenvalue weighted by atomic mass is 9.61. The Morgan fingerprint density at radius 3 is 2.08 bits per heavy atom. The molecule has 0 heterocycles. The Morgan fingerprint density at radius 2 is 1.49 bits per heavy atom. The Labute approximate surface area is 300 Å². The van der Waals surface area contributed by atoms with Gasteiger partial charge in [0.25, 0.3) is 0 Å². The Morgan fingerprint density at radius 1 is 0.878 bits per heavy atom. The monoisotopic (exact) mass is 674 g/mol. The number of rotatable bonds is 7. The Bertz CT molecular complexity index is 1890. The fourth-order valence-electron chi connectivity index (χ4n) is 10.3. The van der Waals surface area contributed by atoms with Crippen molar-refractivity contribution in [1.29, 1.82) is 0 Å². The van der Waals surface area contributed by atoms with Crippen LogP contribution in [0.1, 0.15) is 149 Å². The van der Waals surface area contributed by atoms with E-state index in [1.165, 1.54) is 35.6 Å². The molecule has 0 N–H and O–H groups in total. The highest BCUT2D eigenvalue weighted by Gasteiger charge is 2.51. The summed E-state index contributed by atoms with van der Waals surface area (Å²) in [6.45, 7) is 38.9. The summed E-state index contributed by atoms with van der Waals surface area (Å²) >= 11 is 0. The Hall–Kier alpha value is -2.58. The van der Waals surface area contributed by atoms with Crippen molar-refractivity contribution < 1.29 is 4.74 Å². The molecular formula is C47H66OSi. The zero-order valence-corrected chi connectivity index (χ0v) is 34.7. The van der Waals surface area contributed by atoms with Crippen LogP contribution < -0.4 is 20.4 Å². The van der Waals surface area contributed by atoms with Crippen LogP contribution in [0.2, 0.25) is 12.1 Å². The second-order valence-electron chi connectivity index (χ2n) is 19.7. The normalized spacial score (nSPS) is 22.7. The highest BCUT2D eigenvalue weighted by Crippen LogP contribution is 2.55. The number of benzene rings is 2. The van der Waals surface area contributed by atoms with E-state index in [0.29, 0.717) is 12.5 Å². The third-order valence-electron chi connectivity index (χ3n) is 12.9. The predicted molar refractivity (Wildman–Crippen MR) is 217 cm³/mol. The van der Waals surface area contributed by atoms with Gasteiger partial charge in [0.05, 0.1) is 0 Å².